The van der Waals surface area contributed by atoms with E-state index in [-0.39, 0.29) is 17.0 Å². The molecule has 0 saturated carbocycles. The van der Waals surface area contributed by atoms with Crippen LogP contribution in [0.25, 0.3) is 0 Å². The number of hydrogen-bond donors (Lipinski definition) is 2. The van der Waals surface area contributed by atoms with Gasteiger partial charge in [0.2, 0.25) is 0 Å². The highest BCUT2D eigenvalue weighted by atomic mass is 79.9. The summed E-state index contributed by atoms with van der Waals surface area (Å²) < 4.78 is 16.1. The van der Waals surface area contributed by atoms with Crippen molar-refractivity contribution in [2.75, 3.05) is 41.0 Å². The Kier molecular flexibility index (Phi) is 11.7. The number of hydrogen-bond acceptors (Lipinski definition) is 4. The zero-order chi connectivity index (χ0) is 21.1. The summed E-state index contributed by atoms with van der Waals surface area (Å²) in [5, 5.41) is 6.69. The molecule has 2 aromatic rings. The predicted octanol–water partition coefficient (Wildman–Crippen LogP) is 3.94. The first-order valence-corrected chi connectivity index (χ1v) is 9.97. The van der Waals surface area contributed by atoms with Crippen molar-refractivity contribution in [2.45, 2.75) is 26.7 Å². The molecule has 6 nitrogen and oxygen atoms in total. The van der Waals surface area contributed by atoms with E-state index in [4.69, 9.17) is 19.2 Å². The summed E-state index contributed by atoms with van der Waals surface area (Å²) in [6.07, 6.45) is 1.66. The number of nitrogens with one attached hydrogen (secondary N) is 2. The number of guanidine groups is 1. The van der Waals surface area contributed by atoms with Crippen molar-refractivity contribution in [3.63, 3.8) is 0 Å². The molecule has 166 valence electrons. The Morgan fingerprint density at radius 3 is 2.20 bits per heavy atom. The van der Waals surface area contributed by atoms with E-state index in [0.29, 0.717) is 6.54 Å². The minimum absolute atomic E-state index is 0. The second-order valence-electron chi connectivity index (χ2n) is 6.72. The first-order valence-electron chi connectivity index (χ1n) is 9.97. The first-order chi connectivity index (χ1) is 14.1. The summed E-state index contributed by atoms with van der Waals surface area (Å²) >= 11 is 0. The van der Waals surface area contributed by atoms with Crippen molar-refractivity contribution in [1.82, 2.24) is 10.6 Å². The quantitative estimate of drug-likeness (QED) is 0.399. The number of methoxy groups -OCH3 is 3. The largest absolute Gasteiger partial charge is 0.497 e. The monoisotopic (exact) mass is 479 g/mol. The predicted molar refractivity (Wildman–Crippen MR) is 129 cm³/mol. The molecule has 0 saturated heterocycles. The second-order valence-corrected chi connectivity index (χ2v) is 6.72. The van der Waals surface area contributed by atoms with Gasteiger partial charge in [0.25, 0.3) is 0 Å². The van der Waals surface area contributed by atoms with E-state index in [1.807, 2.05) is 24.3 Å². The summed E-state index contributed by atoms with van der Waals surface area (Å²) in [4.78, 5) is 4.70. The maximum atomic E-state index is 5.46. The van der Waals surface area contributed by atoms with Crippen LogP contribution in [-0.4, -0.2) is 46.9 Å². The van der Waals surface area contributed by atoms with Crippen LogP contribution in [-0.2, 0) is 12.8 Å². The fourth-order valence-electron chi connectivity index (χ4n) is 3.07. The molecular formula is C23H34BrN3O3. The van der Waals surface area contributed by atoms with Crippen molar-refractivity contribution >= 4 is 22.9 Å². The van der Waals surface area contributed by atoms with Gasteiger partial charge >= 0.3 is 0 Å². The van der Waals surface area contributed by atoms with Crippen LogP contribution in [0.1, 0.15) is 23.6 Å². The Labute approximate surface area is 190 Å². The number of nitrogens with zero attached hydrogens (tertiary/aromatic N) is 1. The normalized spacial score (nSPS) is 10.8. The topological polar surface area (TPSA) is 64.1 Å². The highest BCUT2D eigenvalue weighted by Gasteiger charge is 2.05. The van der Waals surface area contributed by atoms with Crippen molar-refractivity contribution < 1.29 is 14.2 Å². The molecule has 2 N–H and O–H groups in total. The number of halogens is 1. The van der Waals surface area contributed by atoms with Gasteiger partial charge in [0, 0.05) is 25.7 Å². The summed E-state index contributed by atoms with van der Waals surface area (Å²) in [7, 11) is 5.03. The molecule has 2 rings (SSSR count). The lowest BCUT2D eigenvalue weighted by molar-refractivity contribution is 0.393. The van der Waals surface area contributed by atoms with Crippen LogP contribution >= 0.6 is 17.0 Å². The van der Waals surface area contributed by atoms with Crippen LogP contribution in [0.4, 0.5) is 0 Å². The summed E-state index contributed by atoms with van der Waals surface area (Å²) in [6, 6.07) is 12.2. The average molecular weight is 480 g/mol. The van der Waals surface area contributed by atoms with Crippen LogP contribution in [0.2, 0.25) is 0 Å². The molecule has 2 aromatic carbocycles. The Morgan fingerprint density at radius 2 is 1.60 bits per heavy atom. The van der Waals surface area contributed by atoms with Crippen molar-refractivity contribution in [2.24, 2.45) is 4.99 Å². The third kappa shape index (κ3) is 8.14. The molecule has 0 unspecified atom stereocenters. The first kappa shape index (κ1) is 25.6. The molecule has 0 aliphatic carbocycles. The molecule has 30 heavy (non-hydrogen) atoms. The Balaban J connectivity index is 0.00000450. The summed E-state index contributed by atoms with van der Waals surface area (Å²) in [6.45, 7) is 6.41. The zero-order valence-electron chi connectivity index (χ0n) is 18.6. The van der Waals surface area contributed by atoms with Gasteiger partial charge in [-0.3, -0.25) is 4.99 Å². The molecular weight excluding hydrogens is 446 g/mol. The lowest BCUT2D eigenvalue weighted by atomic mass is 10.1. The van der Waals surface area contributed by atoms with E-state index >= 15 is 0 Å². The van der Waals surface area contributed by atoms with Gasteiger partial charge in [-0.05, 0) is 56.0 Å². The molecule has 0 aromatic heterocycles. The molecule has 7 heteroatoms. The highest BCUT2D eigenvalue weighted by molar-refractivity contribution is 8.93. The van der Waals surface area contributed by atoms with E-state index < -0.39 is 0 Å². The molecule has 0 amide bonds. The third-order valence-corrected chi connectivity index (χ3v) is 4.55. The second kappa shape index (κ2) is 13.7. The Bertz CT molecular complexity index is 790. The van der Waals surface area contributed by atoms with Gasteiger partial charge in [-0.15, -0.1) is 17.0 Å². The zero-order valence-corrected chi connectivity index (χ0v) is 20.3. The number of ether oxygens (including phenoxy) is 3. The Hall–Kier alpha value is -2.41. The van der Waals surface area contributed by atoms with E-state index in [9.17, 15) is 0 Å². The van der Waals surface area contributed by atoms with Gasteiger partial charge in [0.05, 0.1) is 21.3 Å². The number of aryl methyl sites for hydroxylation is 1. The van der Waals surface area contributed by atoms with Crippen LogP contribution < -0.4 is 24.8 Å². The van der Waals surface area contributed by atoms with Gasteiger partial charge < -0.3 is 24.8 Å². The molecule has 0 fully saturated rings. The van der Waals surface area contributed by atoms with Crippen molar-refractivity contribution in [3.8, 4) is 17.2 Å². The van der Waals surface area contributed by atoms with E-state index in [1.165, 1.54) is 11.1 Å². The standard InChI is InChI=1S/C23H33N3O3.BrH/c1-6-24-23(26-12-10-19-13-17(2)7-8-22(19)29-5)25-11-9-18-14-20(27-3)16-21(15-18)28-4;/h7-8,13-16H,6,9-12H2,1-5H3,(H2,24,25,26);1H. The molecule has 0 heterocycles. The SMILES string of the molecule is Br.CCNC(=NCCc1cc(C)ccc1OC)NCCc1cc(OC)cc(OC)c1. The summed E-state index contributed by atoms with van der Waals surface area (Å²) in [5.41, 5.74) is 3.55. The average Bonchev–Trinajstić information content (AvgIpc) is 2.73. The molecule has 0 spiro atoms. The minimum atomic E-state index is 0. The maximum Gasteiger partial charge on any atom is 0.191 e. The molecule has 0 radical (unpaired) electrons. The van der Waals surface area contributed by atoms with Gasteiger partial charge in [-0.25, -0.2) is 0 Å². The van der Waals surface area contributed by atoms with E-state index in [1.54, 1.807) is 21.3 Å². The number of aliphatic imine (C=N–C) groups is 1. The molecule has 0 aliphatic heterocycles. The van der Waals surface area contributed by atoms with Gasteiger partial charge in [0.1, 0.15) is 17.2 Å². The van der Waals surface area contributed by atoms with Gasteiger partial charge in [-0.2, -0.15) is 0 Å². The lowest BCUT2D eigenvalue weighted by Crippen LogP contribution is -2.38. The van der Waals surface area contributed by atoms with Crippen LogP contribution in [0, 0.1) is 6.92 Å². The maximum absolute atomic E-state index is 5.46. The fourth-order valence-corrected chi connectivity index (χ4v) is 3.07. The molecule has 0 aliphatic rings. The van der Waals surface area contributed by atoms with E-state index in [2.05, 4.69) is 36.6 Å². The third-order valence-electron chi connectivity index (χ3n) is 4.55. The van der Waals surface area contributed by atoms with Crippen molar-refractivity contribution in [3.05, 3.63) is 53.1 Å². The smallest absolute Gasteiger partial charge is 0.191 e. The minimum Gasteiger partial charge on any atom is -0.497 e. The van der Waals surface area contributed by atoms with Gasteiger partial charge in [0.15, 0.2) is 5.96 Å². The van der Waals surface area contributed by atoms with Crippen LogP contribution in [0.3, 0.4) is 0 Å². The van der Waals surface area contributed by atoms with Crippen molar-refractivity contribution in [1.29, 1.82) is 0 Å². The van der Waals surface area contributed by atoms with Crippen LogP contribution in [0.15, 0.2) is 41.4 Å². The number of rotatable bonds is 10. The van der Waals surface area contributed by atoms with E-state index in [0.717, 1.165) is 54.7 Å². The van der Waals surface area contributed by atoms with Gasteiger partial charge in [-0.1, -0.05) is 17.7 Å². The summed E-state index contributed by atoms with van der Waals surface area (Å²) in [5.74, 6) is 3.32. The Morgan fingerprint density at radius 1 is 0.900 bits per heavy atom. The molecule has 0 bridgehead atoms. The highest BCUT2D eigenvalue weighted by Crippen LogP contribution is 2.22. The van der Waals surface area contributed by atoms with Crippen LogP contribution in [0.5, 0.6) is 17.2 Å². The molecule has 0 atom stereocenters. The lowest BCUT2D eigenvalue weighted by Gasteiger charge is -2.13. The fraction of sp³-hybridized carbons (Fsp3) is 0.435. The number of benzene rings is 2.